The molecule has 0 atom stereocenters. The molecule has 0 saturated carbocycles. The van der Waals surface area contributed by atoms with E-state index in [0.717, 1.165) is 5.56 Å². The van der Waals surface area contributed by atoms with Crippen molar-refractivity contribution in [1.29, 1.82) is 0 Å². The Hall–Kier alpha value is -4.57. The minimum absolute atomic E-state index is 0.0609. The molecule has 158 valence electrons. The molecule has 0 unspecified atom stereocenters. The van der Waals surface area contributed by atoms with Crippen LogP contribution in [0.1, 0.15) is 42.2 Å². The van der Waals surface area contributed by atoms with Crippen LogP contribution in [0.25, 0.3) is 11.3 Å². The fourth-order valence-corrected chi connectivity index (χ4v) is 4.09. The van der Waals surface area contributed by atoms with Crippen molar-refractivity contribution < 1.29 is 19.5 Å². The smallest absolute Gasteiger partial charge is 0.197 e. The first-order valence-electron chi connectivity index (χ1n) is 10.5. The molecule has 3 aromatic carbocycles. The Morgan fingerprint density at radius 3 is 1.73 bits per heavy atom. The molecule has 0 fully saturated rings. The molecule has 0 spiro atoms. The molecule has 4 nitrogen and oxygen atoms in total. The number of rotatable bonds is 4. The Balaban J connectivity index is 1.54. The van der Waals surface area contributed by atoms with Crippen LogP contribution in [0.4, 0.5) is 0 Å². The normalized spacial score (nSPS) is 15.5. The second-order valence-corrected chi connectivity index (χ2v) is 7.74. The van der Waals surface area contributed by atoms with Gasteiger partial charge in [0.1, 0.15) is 5.76 Å². The number of ketones is 3. The van der Waals surface area contributed by atoms with Crippen LogP contribution in [0.3, 0.4) is 0 Å². The Morgan fingerprint density at radius 1 is 0.636 bits per heavy atom. The zero-order valence-corrected chi connectivity index (χ0v) is 17.5. The number of allylic oxidation sites excluding steroid dienone is 7. The van der Waals surface area contributed by atoms with Crippen molar-refractivity contribution in [1.82, 2.24) is 0 Å². The third kappa shape index (κ3) is 3.48. The number of carbonyl (C=O) groups excluding carboxylic acids is 3. The fourth-order valence-electron chi connectivity index (χ4n) is 4.09. The summed E-state index contributed by atoms with van der Waals surface area (Å²) >= 11 is 0. The molecule has 5 rings (SSSR count). The van der Waals surface area contributed by atoms with Crippen LogP contribution in [0.15, 0.2) is 114 Å². The van der Waals surface area contributed by atoms with Crippen molar-refractivity contribution in [3.05, 3.63) is 142 Å². The number of fused-ring (bicyclic) bond motifs is 2. The maximum Gasteiger partial charge on any atom is 0.197 e. The number of aliphatic hydroxyl groups excluding tert-OH is 1. The Labute approximate surface area is 190 Å². The molecule has 2 aliphatic rings. The van der Waals surface area contributed by atoms with Crippen molar-refractivity contribution in [2.75, 3.05) is 0 Å². The van der Waals surface area contributed by atoms with Gasteiger partial charge in [-0.2, -0.15) is 0 Å². The van der Waals surface area contributed by atoms with Crippen molar-refractivity contribution in [2.45, 2.75) is 0 Å². The van der Waals surface area contributed by atoms with E-state index in [-0.39, 0.29) is 34.3 Å². The van der Waals surface area contributed by atoms with Crippen LogP contribution in [-0.2, 0) is 0 Å². The first-order chi connectivity index (χ1) is 16.1. The fraction of sp³-hybridized carbons (Fsp3) is 0. The minimum atomic E-state index is -0.301. The molecule has 0 amide bonds. The maximum absolute atomic E-state index is 12.7. The van der Waals surface area contributed by atoms with Gasteiger partial charge < -0.3 is 5.11 Å². The minimum Gasteiger partial charge on any atom is -0.507 e. The van der Waals surface area contributed by atoms with E-state index in [2.05, 4.69) is 0 Å². The van der Waals surface area contributed by atoms with Crippen LogP contribution in [0.2, 0.25) is 0 Å². The Kier molecular flexibility index (Phi) is 5.04. The largest absolute Gasteiger partial charge is 0.507 e. The quantitative estimate of drug-likeness (QED) is 0.323. The molecule has 0 aromatic heterocycles. The molecule has 2 aliphatic carbocycles. The summed E-state index contributed by atoms with van der Waals surface area (Å²) in [5.74, 6) is -0.911. The van der Waals surface area contributed by atoms with Gasteiger partial charge in [0.2, 0.25) is 0 Å². The summed E-state index contributed by atoms with van der Waals surface area (Å²) in [5, 5.41) is 10.6. The second kappa shape index (κ2) is 8.17. The van der Waals surface area contributed by atoms with Crippen molar-refractivity contribution in [3.8, 4) is 0 Å². The van der Waals surface area contributed by atoms with Gasteiger partial charge in [-0.3, -0.25) is 14.4 Å². The van der Waals surface area contributed by atoms with Crippen LogP contribution < -0.4 is 0 Å². The number of hydrogen-bond acceptors (Lipinski definition) is 4. The number of carbonyl (C=O) groups is 3. The Morgan fingerprint density at radius 2 is 1.15 bits per heavy atom. The van der Waals surface area contributed by atoms with E-state index in [0.29, 0.717) is 27.8 Å². The van der Waals surface area contributed by atoms with Gasteiger partial charge >= 0.3 is 0 Å². The number of hydrogen-bond donors (Lipinski definition) is 1. The van der Waals surface area contributed by atoms with E-state index in [1.807, 2.05) is 30.3 Å². The zero-order chi connectivity index (χ0) is 22.9. The summed E-state index contributed by atoms with van der Waals surface area (Å²) in [6.07, 6.45) is 6.49. The van der Waals surface area contributed by atoms with Crippen LogP contribution in [0.5, 0.6) is 0 Å². The third-order valence-electron chi connectivity index (χ3n) is 5.80. The van der Waals surface area contributed by atoms with Gasteiger partial charge in [0.05, 0.1) is 11.1 Å². The van der Waals surface area contributed by atoms with E-state index in [9.17, 15) is 19.5 Å². The molecule has 1 N–H and O–H groups in total. The van der Waals surface area contributed by atoms with Gasteiger partial charge in [-0.15, -0.1) is 0 Å². The summed E-state index contributed by atoms with van der Waals surface area (Å²) in [6.45, 7) is 0. The average Bonchev–Trinajstić information content (AvgIpc) is 3.25. The molecule has 0 bridgehead atoms. The molecular weight excluding hydrogens is 412 g/mol. The van der Waals surface area contributed by atoms with E-state index in [1.54, 1.807) is 66.8 Å². The lowest BCUT2D eigenvalue weighted by Crippen LogP contribution is -2.00. The Bertz CT molecular complexity index is 1410. The highest BCUT2D eigenvalue weighted by Gasteiger charge is 2.32. The number of Topliss-reactive ketones (excluding diaryl/α,β-unsaturated/α-hetero) is 3. The summed E-state index contributed by atoms with van der Waals surface area (Å²) in [4.78, 5) is 38.2. The summed E-state index contributed by atoms with van der Waals surface area (Å²) in [5.41, 5.74) is 3.60. The number of benzene rings is 3. The topological polar surface area (TPSA) is 71.4 Å². The zero-order valence-electron chi connectivity index (χ0n) is 17.5. The first kappa shape index (κ1) is 20.3. The molecule has 0 aliphatic heterocycles. The highest BCUT2D eigenvalue weighted by Crippen LogP contribution is 2.32. The number of aliphatic hydroxyl groups is 1. The van der Waals surface area contributed by atoms with Gasteiger partial charge in [-0.1, -0.05) is 91.0 Å². The molecule has 3 aromatic rings. The predicted octanol–water partition coefficient (Wildman–Crippen LogP) is 5.80. The van der Waals surface area contributed by atoms with Gasteiger partial charge in [-0.05, 0) is 23.3 Å². The van der Waals surface area contributed by atoms with Crippen molar-refractivity contribution in [2.24, 2.45) is 0 Å². The standard InChI is InChI=1S/C29H18O4/c30-26-20-10-4-5-11-21(20)27(31)24(26)16-14-19(18-8-2-1-3-9-18)15-17-25-28(32)22-12-6-7-13-23(22)29(25)33/h1-17,30H/b16-14+,19-15-. The molecule has 0 heterocycles. The maximum atomic E-state index is 12.7. The third-order valence-corrected chi connectivity index (χ3v) is 5.80. The SMILES string of the molecule is O=C1C(=C/C=C(/C=C/C2=C(O)c3ccccc3C2=O)c2ccccc2)C(=O)c2ccccc21. The van der Waals surface area contributed by atoms with Gasteiger partial charge in [-0.25, -0.2) is 0 Å². The van der Waals surface area contributed by atoms with Gasteiger partial charge in [0, 0.05) is 22.3 Å². The van der Waals surface area contributed by atoms with E-state index in [1.165, 1.54) is 6.08 Å². The van der Waals surface area contributed by atoms with Gasteiger partial charge in [0.15, 0.2) is 17.3 Å². The van der Waals surface area contributed by atoms with E-state index >= 15 is 0 Å². The molecule has 0 radical (unpaired) electrons. The van der Waals surface area contributed by atoms with Crippen molar-refractivity contribution in [3.63, 3.8) is 0 Å². The van der Waals surface area contributed by atoms with E-state index < -0.39 is 0 Å². The lowest BCUT2D eigenvalue weighted by Gasteiger charge is -2.03. The molecule has 4 heteroatoms. The van der Waals surface area contributed by atoms with Crippen LogP contribution in [0, 0.1) is 0 Å². The highest BCUT2D eigenvalue weighted by atomic mass is 16.3. The van der Waals surface area contributed by atoms with Crippen molar-refractivity contribution >= 4 is 28.7 Å². The van der Waals surface area contributed by atoms with Gasteiger partial charge in [0.25, 0.3) is 0 Å². The molecule has 0 saturated heterocycles. The lowest BCUT2D eigenvalue weighted by atomic mass is 10.0. The first-order valence-corrected chi connectivity index (χ1v) is 10.5. The predicted molar refractivity (Wildman–Crippen MR) is 127 cm³/mol. The molecular formula is C29H18O4. The highest BCUT2D eigenvalue weighted by molar-refractivity contribution is 6.39. The summed E-state index contributed by atoms with van der Waals surface area (Å²) < 4.78 is 0. The van der Waals surface area contributed by atoms with Crippen LogP contribution >= 0.6 is 0 Å². The second-order valence-electron chi connectivity index (χ2n) is 7.74. The summed E-state index contributed by atoms with van der Waals surface area (Å²) in [7, 11) is 0. The monoisotopic (exact) mass is 430 g/mol. The van der Waals surface area contributed by atoms with E-state index in [4.69, 9.17) is 0 Å². The molecule has 33 heavy (non-hydrogen) atoms. The summed E-state index contributed by atoms with van der Waals surface area (Å²) in [6, 6.07) is 23.1. The van der Waals surface area contributed by atoms with Crippen LogP contribution in [-0.4, -0.2) is 22.5 Å². The lowest BCUT2D eigenvalue weighted by molar-refractivity contribution is 0.0986. The average molecular weight is 430 g/mol.